The Morgan fingerprint density at radius 1 is 1.30 bits per heavy atom. The Balaban J connectivity index is 1.87. The highest BCUT2D eigenvalue weighted by Crippen LogP contribution is 2.22. The second-order valence-corrected chi connectivity index (χ2v) is 5.58. The van der Waals surface area contributed by atoms with Crippen LogP contribution in [0.5, 0.6) is 0 Å². The van der Waals surface area contributed by atoms with Gasteiger partial charge in [0.05, 0.1) is 15.7 Å². The highest BCUT2D eigenvalue weighted by Gasteiger charge is 2.09. The third-order valence-electron chi connectivity index (χ3n) is 2.77. The number of nitrogens with one attached hydrogen (secondary N) is 1. The van der Waals surface area contributed by atoms with E-state index in [0.717, 1.165) is 15.9 Å². The molecule has 0 aliphatic heterocycles. The van der Waals surface area contributed by atoms with Gasteiger partial charge in [0, 0.05) is 16.9 Å². The molecule has 3 aromatic rings. The third kappa shape index (κ3) is 2.64. The van der Waals surface area contributed by atoms with E-state index in [4.69, 9.17) is 11.6 Å². The highest BCUT2D eigenvalue weighted by atomic mass is 35.5. The van der Waals surface area contributed by atoms with E-state index in [2.05, 4.69) is 15.3 Å². The van der Waals surface area contributed by atoms with Crippen LogP contribution in [-0.4, -0.2) is 15.9 Å². The van der Waals surface area contributed by atoms with Crippen LogP contribution in [0.25, 0.3) is 10.2 Å². The van der Waals surface area contributed by atoms with E-state index in [9.17, 15) is 4.79 Å². The van der Waals surface area contributed by atoms with Crippen molar-refractivity contribution in [2.75, 3.05) is 5.32 Å². The second kappa shape index (κ2) is 5.19. The van der Waals surface area contributed by atoms with Crippen LogP contribution >= 0.6 is 22.9 Å². The minimum absolute atomic E-state index is 0.207. The van der Waals surface area contributed by atoms with E-state index in [1.165, 1.54) is 11.3 Å². The number of carbonyl (C=O) groups is 1. The largest absolute Gasteiger partial charge is 0.322 e. The van der Waals surface area contributed by atoms with E-state index in [-0.39, 0.29) is 5.91 Å². The van der Waals surface area contributed by atoms with E-state index in [0.29, 0.717) is 16.4 Å². The fourth-order valence-corrected chi connectivity index (χ4v) is 2.86. The fourth-order valence-electron chi connectivity index (χ4n) is 1.90. The van der Waals surface area contributed by atoms with Gasteiger partial charge in [-0.05, 0) is 37.3 Å². The van der Waals surface area contributed by atoms with Crippen molar-refractivity contribution in [1.29, 1.82) is 0 Å². The topological polar surface area (TPSA) is 54.9 Å². The van der Waals surface area contributed by atoms with Gasteiger partial charge in [0.15, 0.2) is 0 Å². The standard InChI is InChI=1S/C14H10ClN3OS/c1-8-4-9(5-13(15)17-8)14(19)18-10-2-3-11-12(6-10)20-7-16-11/h2-7H,1H3,(H,18,19). The zero-order valence-corrected chi connectivity index (χ0v) is 12.1. The quantitative estimate of drug-likeness (QED) is 0.730. The molecule has 0 saturated carbocycles. The van der Waals surface area contributed by atoms with Crippen LogP contribution in [0.15, 0.2) is 35.8 Å². The van der Waals surface area contributed by atoms with Gasteiger partial charge < -0.3 is 5.32 Å². The summed E-state index contributed by atoms with van der Waals surface area (Å²) in [4.78, 5) is 20.4. The Hall–Kier alpha value is -1.98. The summed E-state index contributed by atoms with van der Waals surface area (Å²) in [6.45, 7) is 1.80. The number of halogens is 1. The fraction of sp³-hybridized carbons (Fsp3) is 0.0714. The maximum atomic E-state index is 12.2. The van der Waals surface area contributed by atoms with Gasteiger partial charge in [-0.25, -0.2) is 9.97 Å². The van der Waals surface area contributed by atoms with Crippen LogP contribution in [-0.2, 0) is 0 Å². The molecule has 1 amide bonds. The van der Waals surface area contributed by atoms with Crippen LogP contribution in [0.3, 0.4) is 0 Å². The second-order valence-electron chi connectivity index (χ2n) is 4.31. The van der Waals surface area contributed by atoms with Crippen LogP contribution in [0.1, 0.15) is 16.1 Å². The molecule has 1 N–H and O–H groups in total. The molecule has 100 valence electrons. The van der Waals surface area contributed by atoms with Gasteiger partial charge in [0.1, 0.15) is 5.15 Å². The first kappa shape index (κ1) is 13.0. The molecular formula is C14H10ClN3OS. The predicted molar refractivity (Wildman–Crippen MR) is 81.6 cm³/mol. The molecule has 0 bridgehead atoms. The van der Waals surface area contributed by atoms with Crippen molar-refractivity contribution in [3.8, 4) is 0 Å². The van der Waals surface area contributed by atoms with E-state index >= 15 is 0 Å². The molecule has 3 rings (SSSR count). The molecular weight excluding hydrogens is 294 g/mol. The number of aryl methyl sites for hydroxylation is 1. The lowest BCUT2D eigenvalue weighted by molar-refractivity contribution is 0.102. The summed E-state index contributed by atoms with van der Waals surface area (Å²) in [5, 5.41) is 3.16. The van der Waals surface area contributed by atoms with Crippen molar-refractivity contribution in [2.24, 2.45) is 0 Å². The Kier molecular flexibility index (Phi) is 3.38. The van der Waals surface area contributed by atoms with Crippen molar-refractivity contribution >= 4 is 44.7 Å². The number of thiazole rings is 1. The lowest BCUT2D eigenvalue weighted by Gasteiger charge is -2.06. The molecule has 0 aliphatic rings. The SMILES string of the molecule is Cc1cc(C(=O)Nc2ccc3ncsc3c2)cc(Cl)n1. The van der Waals surface area contributed by atoms with E-state index in [1.807, 2.05) is 18.2 Å². The molecule has 2 aromatic heterocycles. The number of nitrogens with zero attached hydrogens (tertiary/aromatic N) is 2. The molecule has 0 radical (unpaired) electrons. The van der Waals surface area contributed by atoms with Crippen molar-refractivity contribution in [2.45, 2.75) is 6.92 Å². The Morgan fingerprint density at radius 3 is 2.95 bits per heavy atom. The molecule has 4 nitrogen and oxygen atoms in total. The number of pyridine rings is 1. The summed E-state index contributed by atoms with van der Waals surface area (Å²) in [5.41, 5.74) is 4.64. The average molecular weight is 304 g/mol. The van der Waals surface area contributed by atoms with Crippen LogP contribution in [0.2, 0.25) is 5.15 Å². The molecule has 0 spiro atoms. The predicted octanol–water partition coefficient (Wildman–Crippen LogP) is 3.91. The number of benzene rings is 1. The molecule has 20 heavy (non-hydrogen) atoms. The first-order chi connectivity index (χ1) is 9.61. The van der Waals surface area contributed by atoms with Crippen molar-refractivity contribution < 1.29 is 4.79 Å². The normalized spacial score (nSPS) is 10.7. The maximum absolute atomic E-state index is 12.2. The summed E-state index contributed by atoms with van der Waals surface area (Å²) in [6, 6.07) is 8.87. The first-order valence-electron chi connectivity index (χ1n) is 5.90. The van der Waals surface area contributed by atoms with Crippen LogP contribution in [0, 0.1) is 6.92 Å². The molecule has 0 aliphatic carbocycles. The number of rotatable bonds is 2. The van der Waals surface area contributed by atoms with Crippen LogP contribution in [0.4, 0.5) is 5.69 Å². The number of hydrogen-bond donors (Lipinski definition) is 1. The summed E-state index contributed by atoms with van der Waals surface area (Å²) in [7, 11) is 0. The molecule has 1 aromatic carbocycles. The van der Waals surface area contributed by atoms with Gasteiger partial charge in [-0.1, -0.05) is 11.6 Å². The van der Waals surface area contributed by atoms with Crippen molar-refractivity contribution in [1.82, 2.24) is 9.97 Å². The summed E-state index contributed by atoms with van der Waals surface area (Å²) in [6.07, 6.45) is 0. The minimum Gasteiger partial charge on any atom is -0.322 e. The maximum Gasteiger partial charge on any atom is 0.255 e. The lowest BCUT2D eigenvalue weighted by atomic mass is 10.2. The lowest BCUT2D eigenvalue weighted by Crippen LogP contribution is -2.12. The first-order valence-corrected chi connectivity index (χ1v) is 7.16. The molecule has 0 fully saturated rings. The Bertz CT molecular complexity index is 780. The molecule has 0 saturated heterocycles. The monoisotopic (exact) mass is 303 g/mol. The van der Waals surface area contributed by atoms with Gasteiger partial charge in [0.2, 0.25) is 0 Å². The molecule has 0 unspecified atom stereocenters. The summed E-state index contributed by atoms with van der Waals surface area (Å²) < 4.78 is 1.03. The van der Waals surface area contributed by atoms with Gasteiger partial charge in [-0.3, -0.25) is 4.79 Å². The Morgan fingerprint density at radius 2 is 2.15 bits per heavy atom. The smallest absolute Gasteiger partial charge is 0.255 e. The summed E-state index contributed by atoms with van der Waals surface area (Å²) >= 11 is 7.40. The number of amides is 1. The van der Waals surface area contributed by atoms with E-state index in [1.54, 1.807) is 24.6 Å². The number of aromatic nitrogens is 2. The molecule has 2 heterocycles. The number of anilines is 1. The van der Waals surface area contributed by atoms with Crippen molar-refractivity contribution in [3.05, 3.63) is 52.3 Å². The average Bonchev–Trinajstić information content (AvgIpc) is 2.85. The number of fused-ring (bicyclic) bond motifs is 1. The Labute approximate surface area is 124 Å². The van der Waals surface area contributed by atoms with Crippen LogP contribution < -0.4 is 5.32 Å². The van der Waals surface area contributed by atoms with E-state index < -0.39 is 0 Å². The highest BCUT2D eigenvalue weighted by molar-refractivity contribution is 7.16. The van der Waals surface area contributed by atoms with Crippen molar-refractivity contribution in [3.63, 3.8) is 0 Å². The zero-order chi connectivity index (χ0) is 14.1. The van der Waals surface area contributed by atoms with Gasteiger partial charge in [0.25, 0.3) is 5.91 Å². The molecule has 6 heteroatoms. The van der Waals surface area contributed by atoms with Gasteiger partial charge in [-0.15, -0.1) is 11.3 Å². The summed E-state index contributed by atoms with van der Waals surface area (Å²) in [5.74, 6) is -0.207. The zero-order valence-electron chi connectivity index (χ0n) is 10.6. The number of carbonyl (C=O) groups excluding carboxylic acids is 1. The third-order valence-corrected chi connectivity index (χ3v) is 3.76. The molecule has 0 atom stereocenters. The van der Waals surface area contributed by atoms with Gasteiger partial charge in [-0.2, -0.15) is 0 Å². The van der Waals surface area contributed by atoms with Gasteiger partial charge >= 0.3 is 0 Å². The number of hydrogen-bond acceptors (Lipinski definition) is 4. The minimum atomic E-state index is -0.207.